The molecule has 0 aliphatic carbocycles. The van der Waals surface area contributed by atoms with Gasteiger partial charge < -0.3 is 14.2 Å². The predicted molar refractivity (Wildman–Crippen MR) is 86.1 cm³/mol. The number of hydrogen-bond donors (Lipinski definition) is 0. The van der Waals surface area contributed by atoms with Gasteiger partial charge in [0.2, 0.25) is 0 Å². The third-order valence-electron chi connectivity index (χ3n) is 4.43. The van der Waals surface area contributed by atoms with Crippen molar-refractivity contribution in [3.8, 4) is 0 Å². The van der Waals surface area contributed by atoms with Crippen molar-refractivity contribution in [3.05, 3.63) is 47.3 Å². The van der Waals surface area contributed by atoms with Gasteiger partial charge >= 0.3 is 6.85 Å². The van der Waals surface area contributed by atoms with E-state index >= 15 is 0 Å². The van der Waals surface area contributed by atoms with Gasteiger partial charge in [0.05, 0.1) is 6.20 Å². The zero-order valence-corrected chi connectivity index (χ0v) is 12.5. The zero-order valence-electron chi connectivity index (χ0n) is 12.5. The highest BCUT2D eigenvalue weighted by atomic mass is 16.3. The van der Waals surface area contributed by atoms with Crippen molar-refractivity contribution in [1.82, 2.24) is 14.8 Å². The fourth-order valence-corrected chi connectivity index (χ4v) is 3.06. The van der Waals surface area contributed by atoms with Crippen molar-refractivity contribution in [1.29, 1.82) is 0 Å². The van der Waals surface area contributed by atoms with Crippen LogP contribution in [0.15, 0.2) is 41.1 Å². The van der Waals surface area contributed by atoms with Crippen LogP contribution in [0.2, 0.25) is 6.82 Å². The highest BCUT2D eigenvalue weighted by molar-refractivity contribution is 6.70. The molecule has 2 aromatic rings. The minimum atomic E-state index is 0.289. The quantitative estimate of drug-likeness (QED) is 0.736. The lowest BCUT2D eigenvalue weighted by atomic mass is 9.63. The maximum Gasteiger partial charge on any atom is 0.304 e. The van der Waals surface area contributed by atoms with E-state index in [4.69, 9.17) is 4.42 Å². The van der Waals surface area contributed by atoms with Crippen LogP contribution in [0.25, 0.3) is 23.1 Å². The fraction of sp³-hybridized carbons (Fsp3) is 0.250. The first-order valence-electron chi connectivity index (χ1n) is 7.33. The molecule has 0 spiro atoms. The molecule has 2 aliphatic rings. The van der Waals surface area contributed by atoms with Gasteiger partial charge in [0.15, 0.2) is 5.42 Å². The summed E-state index contributed by atoms with van der Waals surface area (Å²) in [6, 6.07) is 8.22. The van der Waals surface area contributed by atoms with Crippen molar-refractivity contribution in [2.75, 3.05) is 7.05 Å². The zero-order chi connectivity index (χ0) is 14.6. The minimum Gasteiger partial charge on any atom is -0.455 e. The first-order valence-corrected chi connectivity index (χ1v) is 7.33. The fourth-order valence-electron chi connectivity index (χ4n) is 3.06. The van der Waals surface area contributed by atoms with Gasteiger partial charge in [0.1, 0.15) is 11.7 Å². The van der Waals surface area contributed by atoms with Crippen LogP contribution in [-0.4, -0.2) is 34.9 Å². The van der Waals surface area contributed by atoms with Crippen molar-refractivity contribution in [2.45, 2.75) is 19.9 Å². The lowest BCUT2D eigenvalue weighted by Crippen LogP contribution is -2.52. The Bertz CT molecular complexity index is 841. The number of hydrazine groups is 1. The lowest BCUT2D eigenvalue weighted by Gasteiger charge is -2.39. The number of nitrogens with zero attached hydrogens (tertiary/aromatic N) is 3. The molecule has 0 fully saturated rings. The first-order chi connectivity index (χ1) is 10.1. The molecule has 5 heteroatoms. The SMILES string of the molecule is CB1C=c2c(oc3ccccc23)=CN1N1C=CN(C)[C@@H]1C. The Hall–Kier alpha value is -2.30. The molecule has 1 aromatic heterocycles. The Labute approximate surface area is 124 Å². The molecule has 1 atom stereocenters. The van der Waals surface area contributed by atoms with Gasteiger partial charge in [-0.3, -0.25) is 5.01 Å². The summed E-state index contributed by atoms with van der Waals surface area (Å²) in [6.45, 7) is 4.69. The van der Waals surface area contributed by atoms with Crippen LogP contribution in [0.1, 0.15) is 6.92 Å². The molecule has 4 nitrogen and oxygen atoms in total. The van der Waals surface area contributed by atoms with E-state index in [1.807, 2.05) is 12.1 Å². The summed E-state index contributed by atoms with van der Waals surface area (Å²) in [5, 5.41) is 4.63. The minimum absolute atomic E-state index is 0.289. The summed E-state index contributed by atoms with van der Waals surface area (Å²) >= 11 is 0. The van der Waals surface area contributed by atoms with Crippen molar-refractivity contribution >= 4 is 30.0 Å². The van der Waals surface area contributed by atoms with Crippen molar-refractivity contribution in [2.24, 2.45) is 0 Å². The molecular formula is C16H18BN3O. The van der Waals surface area contributed by atoms with Crippen molar-refractivity contribution < 1.29 is 4.42 Å². The van der Waals surface area contributed by atoms with E-state index in [1.54, 1.807) is 0 Å². The molecule has 0 saturated heterocycles. The summed E-state index contributed by atoms with van der Waals surface area (Å²) in [5.74, 6) is 2.28. The highest BCUT2D eigenvalue weighted by Crippen LogP contribution is 2.19. The molecule has 0 bridgehead atoms. The standard InChI is InChI=1S/C16H18BN3O/c1-12-18(3)8-9-19(12)20-11-16-14(10-17(20)2)13-6-4-5-7-15(13)21-16/h4-12H,1-3H3/t12-/m0/s1. The number of para-hydroxylation sites is 1. The first kappa shape index (κ1) is 12.4. The Morgan fingerprint density at radius 3 is 2.76 bits per heavy atom. The number of hydrogen-bond acceptors (Lipinski definition) is 4. The molecule has 0 N–H and O–H groups in total. The van der Waals surface area contributed by atoms with Crippen LogP contribution in [-0.2, 0) is 0 Å². The predicted octanol–water partition coefficient (Wildman–Crippen LogP) is 1.41. The summed E-state index contributed by atoms with van der Waals surface area (Å²) in [7, 11) is 2.09. The van der Waals surface area contributed by atoms with Crippen LogP contribution < -0.4 is 10.6 Å². The maximum atomic E-state index is 6.00. The van der Waals surface area contributed by atoms with Crippen molar-refractivity contribution in [3.63, 3.8) is 0 Å². The van der Waals surface area contributed by atoms with E-state index in [0.29, 0.717) is 6.17 Å². The van der Waals surface area contributed by atoms with Crippen LogP contribution in [0.5, 0.6) is 0 Å². The number of rotatable bonds is 1. The summed E-state index contributed by atoms with van der Waals surface area (Å²) < 4.78 is 6.00. The third kappa shape index (κ3) is 1.77. The van der Waals surface area contributed by atoms with Crippen LogP contribution in [0, 0.1) is 0 Å². The second-order valence-corrected chi connectivity index (χ2v) is 5.77. The Morgan fingerprint density at radius 2 is 2.00 bits per heavy atom. The lowest BCUT2D eigenvalue weighted by molar-refractivity contribution is 0.0849. The normalized spacial score (nSPS) is 20.8. The molecule has 0 unspecified atom stereocenters. The van der Waals surface area contributed by atoms with Gasteiger partial charge in [-0.1, -0.05) is 31.0 Å². The average molecular weight is 279 g/mol. The second kappa shape index (κ2) is 4.35. The molecule has 21 heavy (non-hydrogen) atoms. The van der Waals surface area contributed by atoms with Gasteiger partial charge in [0, 0.05) is 30.1 Å². The Kier molecular flexibility index (Phi) is 2.58. The molecule has 0 radical (unpaired) electrons. The number of fused-ring (bicyclic) bond motifs is 3. The van der Waals surface area contributed by atoms with Crippen LogP contribution in [0.3, 0.4) is 0 Å². The molecular weight excluding hydrogens is 261 g/mol. The van der Waals surface area contributed by atoms with Gasteiger partial charge in [-0.2, -0.15) is 0 Å². The van der Waals surface area contributed by atoms with E-state index in [2.05, 4.69) is 72.3 Å². The summed E-state index contributed by atoms with van der Waals surface area (Å²) in [5.41, 5.74) is 1.88. The smallest absolute Gasteiger partial charge is 0.304 e. The Morgan fingerprint density at radius 1 is 1.19 bits per heavy atom. The van der Waals surface area contributed by atoms with Gasteiger partial charge in [-0.25, -0.2) is 0 Å². The molecule has 106 valence electrons. The van der Waals surface area contributed by atoms with E-state index in [0.717, 1.165) is 11.0 Å². The number of furan rings is 1. The highest BCUT2D eigenvalue weighted by Gasteiger charge is 2.29. The van der Waals surface area contributed by atoms with Crippen LogP contribution in [0.4, 0.5) is 0 Å². The largest absolute Gasteiger partial charge is 0.455 e. The van der Waals surface area contributed by atoms with Gasteiger partial charge in [-0.05, 0) is 13.0 Å². The van der Waals surface area contributed by atoms with Crippen LogP contribution >= 0.6 is 0 Å². The molecule has 4 rings (SSSR count). The topological polar surface area (TPSA) is 22.9 Å². The summed E-state index contributed by atoms with van der Waals surface area (Å²) in [4.78, 5) is 4.42. The molecule has 3 heterocycles. The molecule has 0 saturated carbocycles. The summed E-state index contributed by atoms with van der Waals surface area (Å²) in [6.07, 6.45) is 6.63. The maximum absolute atomic E-state index is 6.00. The Balaban J connectivity index is 1.85. The molecule has 1 aromatic carbocycles. The second-order valence-electron chi connectivity index (χ2n) is 5.77. The monoisotopic (exact) mass is 279 g/mol. The molecule has 2 aliphatic heterocycles. The van der Waals surface area contributed by atoms with Gasteiger partial charge in [-0.15, -0.1) is 0 Å². The van der Waals surface area contributed by atoms with E-state index in [-0.39, 0.29) is 6.85 Å². The third-order valence-corrected chi connectivity index (χ3v) is 4.43. The molecule has 0 amide bonds. The van der Waals surface area contributed by atoms with Gasteiger partial charge in [0.25, 0.3) is 0 Å². The average Bonchev–Trinajstić information content (AvgIpc) is 3.00. The van der Waals surface area contributed by atoms with E-state index in [1.165, 1.54) is 10.6 Å². The number of benzene rings is 1. The van der Waals surface area contributed by atoms with E-state index in [9.17, 15) is 0 Å². The van der Waals surface area contributed by atoms with E-state index < -0.39 is 0 Å².